The highest BCUT2D eigenvalue weighted by Crippen LogP contribution is 2.28. The fraction of sp³-hybridized carbons (Fsp3) is 0.273. The van der Waals surface area contributed by atoms with Crippen molar-refractivity contribution in [2.24, 2.45) is 5.84 Å². The first-order valence-corrected chi connectivity index (χ1v) is 9.99. The number of sulfonamides is 1. The lowest BCUT2D eigenvalue weighted by atomic mass is 10.4. The number of carbonyl (C=O) groups excluding carboxylic acids is 1. The van der Waals surface area contributed by atoms with Gasteiger partial charge in [-0.15, -0.1) is 0 Å². The molecule has 1 amide bonds. The van der Waals surface area contributed by atoms with Gasteiger partial charge >= 0.3 is 0 Å². The minimum absolute atomic E-state index is 0.0495. The quantitative estimate of drug-likeness (QED) is 0.203. The molecular formula is C11H12Cl3N3O4S3. The lowest BCUT2D eigenvalue weighted by Crippen LogP contribution is -2.45. The zero-order valence-corrected chi connectivity index (χ0v) is 16.4. The molecule has 4 N–H and O–H groups in total. The van der Waals surface area contributed by atoms with Crippen molar-refractivity contribution in [2.75, 3.05) is 5.75 Å². The largest absolute Gasteiger partial charge is 0.369 e. The lowest BCUT2D eigenvalue weighted by molar-refractivity contribution is -0.121. The number of halogens is 3. The van der Waals surface area contributed by atoms with Gasteiger partial charge in [0.15, 0.2) is 10.5 Å². The molecule has 134 valence electrons. The van der Waals surface area contributed by atoms with Crippen molar-refractivity contribution in [3.05, 3.63) is 30.3 Å². The second-order valence-electron chi connectivity index (χ2n) is 4.18. The number of aliphatic hydroxyl groups is 1. The highest BCUT2D eigenvalue weighted by Gasteiger charge is 2.32. The van der Waals surface area contributed by atoms with Crippen molar-refractivity contribution in [1.29, 1.82) is 0 Å². The Morgan fingerprint density at radius 1 is 1.38 bits per heavy atom. The van der Waals surface area contributed by atoms with E-state index in [0.29, 0.717) is 16.2 Å². The van der Waals surface area contributed by atoms with Gasteiger partial charge in [0.25, 0.3) is 10.0 Å². The van der Waals surface area contributed by atoms with Crippen LogP contribution in [0, 0.1) is 0 Å². The SMILES string of the molecule is NN(C(=S)SCC(=O)N[C@H](O)C(Cl)(Cl)Cl)S(=O)(=O)c1ccccc1. The van der Waals surface area contributed by atoms with Gasteiger partial charge in [-0.1, -0.05) is 77.0 Å². The molecule has 13 heteroatoms. The molecule has 0 saturated carbocycles. The second kappa shape index (κ2) is 8.86. The summed E-state index contributed by atoms with van der Waals surface area (Å²) in [5.41, 5.74) is 0. The molecule has 0 bridgehead atoms. The summed E-state index contributed by atoms with van der Waals surface area (Å²) in [6, 6.07) is 7.41. The van der Waals surface area contributed by atoms with Crippen LogP contribution < -0.4 is 11.2 Å². The average molecular weight is 453 g/mol. The molecule has 0 unspecified atom stereocenters. The smallest absolute Gasteiger partial charge is 0.278 e. The molecule has 0 aliphatic heterocycles. The molecule has 1 aromatic rings. The first-order valence-electron chi connectivity index (χ1n) is 6.02. The maximum absolute atomic E-state index is 12.2. The number of hydrogen-bond acceptors (Lipinski definition) is 7. The van der Waals surface area contributed by atoms with Crippen molar-refractivity contribution in [3.63, 3.8) is 0 Å². The number of aliphatic hydroxyl groups excluding tert-OH is 1. The van der Waals surface area contributed by atoms with E-state index in [1.165, 1.54) is 24.3 Å². The number of alkyl halides is 3. The van der Waals surface area contributed by atoms with Crippen LogP contribution in [0.15, 0.2) is 35.2 Å². The number of benzene rings is 1. The van der Waals surface area contributed by atoms with E-state index in [4.69, 9.17) is 52.9 Å². The summed E-state index contributed by atoms with van der Waals surface area (Å²) in [6.07, 6.45) is -1.73. The van der Waals surface area contributed by atoms with Gasteiger partial charge in [0.2, 0.25) is 9.70 Å². The number of nitrogens with zero attached hydrogens (tertiary/aromatic N) is 1. The van der Waals surface area contributed by atoms with Crippen molar-refractivity contribution < 1.29 is 18.3 Å². The molecule has 1 rings (SSSR count). The Hall–Kier alpha value is -0.330. The third kappa shape index (κ3) is 6.19. The third-order valence-corrected chi connectivity index (χ3v) is 6.23. The average Bonchev–Trinajstić information content (AvgIpc) is 2.51. The number of thiocarbonyl (C=S) groups is 1. The van der Waals surface area contributed by atoms with Crippen LogP contribution in [0.3, 0.4) is 0 Å². The number of hydrogen-bond donors (Lipinski definition) is 3. The molecule has 0 radical (unpaired) electrons. The zero-order chi connectivity index (χ0) is 18.5. The Balaban J connectivity index is 2.64. The highest BCUT2D eigenvalue weighted by molar-refractivity contribution is 8.24. The molecule has 0 spiro atoms. The molecule has 0 aromatic heterocycles. The van der Waals surface area contributed by atoms with Crippen molar-refractivity contribution in [1.82, 2.24) is 9.73 Å². The number of hydrazine groups is 1. The monoisotopic (exact) mass is 451 g/mol. The molecule has 0 aliphatic carbocycles. The van der Waals surface area contributed by atoms with Gasteiger partial charge in [-0.2, -0.15) is 12.8 Å². The summed E-state index contributed by atoms with van der Waals surface area (Å²) >= 11 is 21.7. The van der Waals surface area contributed by atoms with Gasteiger partial charge in [-0.3, -0.25) is 4.79 Å². The van der Waals surface area contributed by atoms with E-state index in [2.05, 4.69) is 0 Å². The number of nitrogens with two attached hydrogens (primary N) is 1. The number of thioether (sulfide) groups is 1. The Morgan fingerprint density at radius 3 is 2.42 bits per heavy atom. The minimum Gasteiger partial charge on any atom is -0.369 e. The van der Waals surface area contributed by atoms with E-state index in [-0.39, 0.29) is 15.0 Å². The van der Waals surface area contributed by atoms with E-state index >= 15 is 0 Å². The van der Waals surface area contributed by atoms with E-state index in [0.717, 1.165) is 0 Å². The standard InChI is InChI=1S/C11H12Cl3N3O4S3/c12-11(13,14)9(19)16-8(18)6-23-10(22)17(15)24(20,21)7-4-2-1-3-5-7/h1-5,9,19H,6,15H2,(H,16,18)/t9-/m1/s1. The Morgan fingerprint density at radius 2 is 1.92 bits per heavy atom. The molecule has 7 nitrogen and oxygen atoms in total. The van der Waals surface area contributed by atoms with Gasteiger partial charge < -0.3 is 10.4 Å². The Kier molecular flexibility index (Phi) is 8.01. The van der Waals surface area contributed by atoms with Gasteiger partial charge in [-0.25, -0.2) is 5.84 Å². The molecule has 24 heavy (non-hydrogen) atoms. The predicted octanol–water partition coefficient (Wildman–Crippen LogP) is 1.37. The third-order valence-electron chi connectivity index (χ3n) is 2.41. The first kappa shape index (κ1) is 21.7. The summed E-state index contributed by atoms with van der Waals surface area (Å²) < 4.78 is 22.5. The van der Waals surface area contributed by atoms with E-state index in [1.807, 2.05) is 5.32 Å². The number of nitrogens with one attached hydrogen (secondary N) is 1. The Labute approximate surface area is 163 Å². The topological polar surface area (TPSA) is 113 Å². The van der Waals surface area contributed by atoms with Crippen LogP contribution in [0.25, 0.3) is 0 Å². The zero-order valence-electron chi connectivity index (χ0n) is 11.7. The summed E-state index contributed by atoms with van der Waals surface area (Å²) in [5.74, 6) is 4.45. The summed E-state index contributed by atoms with van der Waals surface area (Å²) in [4.78, 5) is 11.6. The van der Waals surface area contributed by atoms with Crippen LogP contribution >= 0.6 is 58.8 Å². The van der Waals surface area contributed by atoms with Gasteiger partial charge in [-0.05, 0) is 12.1 Å². The predicted molar refractivity (Wildman–Crippen MR) is 99.1 cm³/mol. The summed E-state index contributed by atoms with van der Waals surface area (Å²) in [7, 11) is -4.03. The molecular weight excluding hydrogens is 441 g/mol. The van der Waals surface area contributed by atoms with E-state index < -0.39 is 26.0 Å². The maximum atomic E-state index is 12.2. The van der Waals surface area contributed by atoms with Crippen LogP contribution in [-0.2, 0) is 14.8 Å². The Bertz CT molecular complexity index is 697. The fourth-order valence-corrected chi connectivity index (χ4v) is 3.75. The van der Waals surface area contributed by atoms with Crippen LogP contribution in [0.4, 0.5) is 0 Å². The molecule has 0 heterocycles. The molecule has 1 aromatic carbocycles. The van der Waals surface area contributed by atoms with Gasteiger partial charge in [0, 0.05) is 0 Å². The van der Waals surface area contributed by atoms with E-state index in [9.17, 15) is 18.3 Å². The second-order valence-corrected chi connectivity index (χ2v) is 9.97. The number of rotatable bonds is 5. The maximum Gasteiger partial charge on any atom is 0.278 e. The van der Waals surface area contributed by atoms with Gasteiger partial charge in [0.05, 0.1) is 10.6 Å². The molecule has 0 fully saturated rings. The highest BCUT2D eigenvalue weighted by atomic mass is 35.6. The molecule has 0 saturated heterocycles. The molecule has 0 aliphatic rings. The van der Waals surface area contributed by atoms with Crippen molar-refractivity contribution in [2.45, 2.75) is 14.9 Å². The van der Waals surface area contributed by atoms with Gasteiger partial charge in [0.1, 0.15) is 0 Å². The normalized spacial score (nSPS) is 13.2. The number of amides is 1. The van der Waals surface area contributed by atoms with Crippen LogP contribution in [0.2, 0.25) is 0 Å². The van der Waals surface area contributed by atoms with Crippen molar-refractivity contribution >= 4 is 79.0 Å². The van der Waals surface area contributed by atoms with Crippen LogP contribution in [0.1, 0.15) is 0 Å². The fourth-order valence-electron chi connectivity index (χ4n) is 1.27. The summed E-state index contributed by atoms with van der Waals surface area (Å²) in [5, 5.41) is 11.4. The first-order chi connectivity index (χ1) is 11.0. The van der Waals surface area contributed by atoms with E-state index in [1.54, 1.807) is 6.07 Å². The van der Waals surface area contributed by atoms with Crippen molar-refractivity contribution in [3.8, 4) is 0 Å². The minimum atomic E-state index is -4.03. The number of carbonyl (C=O) groups is 1. The van der Waals surface area contributed by atoms with Crippen LogP contribution in [0.5, 0.6) is 0 Å². The molecule has 1 atom stereocenters. The van der Waals surface area contributed by atoms with Crippen LogP contribution in [-0.4, -0.2) is 43.9 Å². The summed E-state index contributed by atoms with van der Waals surface area (Å²) in [6.45, 7) is 0. The lowest BCUT2D eigenvalue weighted by Gasteiger charge is -2.21.